The number of carbonyl (C=O) groups is 2. The molecule has 9 nitrogen and oxygen atoms in total. The normalized spacial score (nSPS) is 19.2. The number of rotatable bonds is 4. The summed E-state index contributed by atoms with van der Waals surface area (Å²) in [5.74, 6) is -0.449. The van der Waals surface area contributed by atoms with Gasteiger partial charge >= 0.3 is 5.97 Å². The Morgan fingerprint density at radius 3 is 2.77 bits per heavy atom. The number of nitrogens with zero attached hydrogens (tertiary/aromatic N) is 3. The highest BCUT2D eigenvalue weighted by Gasteiger charge is 2.38. The Labute approximate surface area is 178 Å². The van der Waals surface area contributed by atoms with Gasteiger partial charge in [0, 0.05) is 22.8 Å². The number of aromatic nitrogens is 4. The van der Waals surface area contributed by atoms with Crippen LogP contribution in [0.15, 0.2) is 41.7 Å². The van der Waals surface area contributed by atoms with Gasteiger partial charge in [-0.25, -0.2) is 9.48 Å². The minimum Gasteiger partial charge on any atom is -0.476 e. The van der Waals surface area contributed by atoms with Crippen LogP contribution in [0.4, 0.5) is 11.5 Å². The van der Waals surface area contributed by atoms with E-state index in [2.05, 4.69) is 25.9 Å². The number of aromatic carboxylic acids is 1. The number of nitrogens with one attached hydrogen (secondary N) is 3. The van der Waals surface area contributed by atoms with E-state index in [1.807, 2.05) is 25.1 Å². The Morgan fingerprint density at radius 1 is 1.19 bits per heavy atom. The lowest BCUT2D eigenvalue weighted by atomic mass is 9.79. The number of aromatic amines is 1. The van der Waals surface area contributed by atoms with E-state index < -0.39 is 5.97 Å². The molecule has 1 saturated carbocycles. The number of allylic oxidation sites excluding steroid dienone is 1. The van der Waals surface area contributed by atoms with Gasteiger partial charge in [-0.3, -0.25) is 9.89 Å². The van der Waals surface area contributed by atoms with Crippen LogP contribution in [0.1, 0.15) is 55.6 Å². The number of anilines is 2. The van der Waals surface area contributed by atoms with E-state index >= 15 is 0 Å². The van der Waals surface area contributed by atoms with Gasteiger partial charge in [-0.15, -0.1) is 0 Å². The molecular formula is C22H24N6O3. The summed E-state index contributed by atoms with van der Waals surface area (Å²) in [6.45, 7) is 1.86. The standard InChI is InChI=1S/C22H24N6O3/c1-12-19(21(29)25-15-7-8-16-14(9-15)11-23-26-16)20(13-5-3-2-4-6-13)28-18(24-12)10-17(27-28)22(30)31/h7-11,13,20,24H,2-6H2,1H3,(H,23,26)(H,25,29)(H,30,31). The fraction of sp³-hybridized carbons (Fsp3) is 0.364. The number of carboxylic acids is 1. The molecule has 160 valence electrons. The van der Waals surface area contributed by atoms with Crippen LogP contribution >= 0.6 is 0 Å². The summed E-state index contributed by atoms with van der Waals surface area (Å²) in [5.41, 5.74) is 2.88. The lowest BCUT2D eigenvalue weighted by Crippen LogP contribution is -2.35. The van der Waals surface area contributed by atoms with Crippen molar-refractivity contribution in [2.24, 2.45) is 5.92 Å². The van der Waals surface area contributed by atoms with Crippen molar-refractivity contribution in [3.05, 3.63) is 47.4 Å². The third-order valence-corrected chi connectivity index (χ3v) is 6.27. The smallest absolute Gasteiger partial charge is 0.356 e. The molecule has 9 heteroatoms. The predicted octanol–water partition coefficient (Wildman–Crippen LogP) is 3.92. The number of benzene rings is 1. The van der Waals surface area contributed by atoms with E-state index in [1.165, 1.54) is 12.5 Å². The molecule has 1 aliphatic carbocycles. The maximum Gasteiger partial charge on any atom is 0.356 e. The molecule has 3 aromatic rings. The number of carbonyl (C=O) groups excluding carboxylic acids is 1. The number of fused-ring (bicyclic) bond motifs is 2. The second kappa shape index (κ2) is 7.57. The van der Waals surface area contributed by atoms with Gasteiger partial charge < -0.3 is 15.7 Å². The third-order valence-electron chi connectivity index (χ3n) is 6.27. The summed E-state index contributed by atoms with van der Waals surface area (Å²) in [7, 11) is 0. The van der Waals surface area contributed by atoms with Crippen molar-refractivity contribution in [3.63, 3.8) is 0 Å². The number of amides is 1. The average molecular weight is 420 g/mol. The predicted molar refractivity (Wildman–Crippen MR) is 116 cm³/mol. The van der Waals surface area contributed by atoms with Gasteiger partial charge in [-0.05, 0) is 43.9 Å². The highest BCUT2D eigenvalue weighted by Crippen LogP contribution is 2.42. The molecule has 5 rings (SSSR count). The first-order chi connectivity index (χ1) is 15.0. The Bertz CT molecular complexity index is 1200. The number of hydrogen-bond acceptors (Lipinski definition) is 5. The Balaban J connectivity index is 1.51. The van der Waals surface area contributed by atoms with E-state index in [1.54, 1.807) is 10.9 Å². The summed E-state index contributed by atoms with van der Waals surface area (Å²) >= 11 is 0. The fourth-order valence-corrected chi connectivity index (χ4v) is 4.82. The van der Waals surface area contributed by atoms with Gasteiger partial charge in [-0.2, -0.15) is 10.2 Å². The molecule has 1 aromatic carbocycles. The molecule has 31 heavy (non-hydrogen) atoms. The Hall–Kier alpha value is -3.62. The van der Waals surface area contributed by atoms with Crippen LogP contribution in [0.3, 0.4) is 0 Å². The Kier molecular flexibility index (Phi) is 4.72. The molecule has 1 aliphatic heterocycles. The van der Waals surface area contributed by atoms with Gasteiger partial charge in [-0.1, -0.05) is 19.3 Å². The average Bonchev–Trinajstić information content (AvgIpc) is 3.39. The summed E-state index contributed by atoms with van der Waals surface area (Å²) in [6.07, 6.45) is 7.06. The van der Waals surface area contributed by atoms with E-state index in [0.717, 1.165) is 42.3 Å². The first-order valence-corrected chi connectivity index (χ1v) is 10.6. The molecule has 1 amide bonds. The van der Waals surface area contributed by atoms with Crippen molar-refractivity contribution >= 4 is 34.3 Å². The van der Waals surface area contributed by atoms with Crippen LogP contribution < -0.4 is 10.6 Å². The maximum absolute atomic E-state index is 13.5. The molecule has 2 aliphatic rings. The first kappa shape index (κ1) is 19.3. The number of H-pyrrole nitrogens is 1. The van der Waals surface area contributed by atoms with Crippen molar-refractivity contribution in [2.45, 2.75) is 45.1 Å². The molecule has 3 heterocycles. The molecule has 2 aromatic heterocycles. The third kappa shape index (κ3) is 3.45. The first-order valence-electron chi connectivity index (χ1n) is 10.6. The minimum absolute atomic E-state index is 0.0248. The summed E-state index contributed by atoms with van der Waals surface area (Å²) in [4.78, 5) is 25.0. The highest BCUT2D eigenvalue weighted by atomic mass is 16.4. The van der Waals surface area contributed by atoms with Crippen LogP contribution in [-0.2, 0) is 4.79 Å². The van der Waals surface area contributed by atoms with Crippen molar-refractivity contribution in [2.75, 3.05) is 10.6 Å². The van der Waals surface area contributed by atoms with E-state index in [4.69, 9.17) is 0 Å². The molecule has 0 saturated heterocycles. The van der Waals surface area contributed by atoms with Gasteiger partial charge in [0.1, 0.15) is 5.82 Å². The van der Waals surface area contributed by atoms with Crippen LogP contribution in [0.2, 0.25) is 0 Å². The molecule has 0 radical (unpaired) electrons. The molecule has 0 bridgehead atoms. The van der Waals surface area contributed by atoms with Gasteiger partial charge in [0.2, 0.25) is 0 Å². The lowest BCUT2D eigenvalue weighted by Gasteiger charge is -2.36. The van der Waals surface area contributed by atoms with Crippen molar-refractivity contribution in [3.8, 4) is 0 Å². The van der Waals surface area contributed by atoms with Gasteiger partial charge in [0.05, 0.1) is 23.3 Å². The summed E-state index contributed by atoms with van der Waals surface area (Å²) in [5, 5.41) is 27.8. The molecule has 4 N–H and O–H groups in total. The zero-order valence-corrected chi connectivity index (χ0v) is 17.2. The monoisotopic (exact) mass is 420 g/mol. The zero-order valence-electron chi connectivity index (χ0n) is 17.2. The minimum atomic E-state index is -1.08. The van der Waals surface area contributed by atoms with Crippen LogP contribution in [0.25, 0.3) is 10.9 Å². The molecule has 1 atom stereocenters. The van der Waals surface area contributed by atoms with E-state index in [9.17, 15) is 14.7 Å². The van der Waals surface area contributed by atoms with Crippen molar-refractivity contribution < 1.29 is 14.7 Å². The van der Waals surface area contributed by atoms with Crippen LogP contribution in [0, 0.1) is 5.92 Å². The second-order valence-electron chi connectivity index (χ2n) is 8.30. The van der Waals surface area contributed by atoms with Gasteiger partial charge in [0.25, 0.3) is 5.91 Å². The summed E-state index contributed by atoms with van der Waals surface area (Å²) < 4.78 is 1.70. The zero-order chi connectivity index (χ0) is 21.5. The van der Waals surface area contributed by atoms with Gasteiger partial charge in [0.15, 0.2) is 5.69 Å². The molecule has 0 spiro atoms. The number of hydrogen-bond donors (Lipinski definition) is 4. The largest absolute Gasteiger partial charge is 0.476 e. The van der Waals surface area contributed by atoms with Crippen molar-refractivity contribution in [1.82, 2.24) is 20.0 Å². The lowest BCUT2D eigenvalue weighted by molar-refractivity contribution is -0.113. The van der Waals surface area contributed by atoms with Crippen LogP contribution in [0.5, 0.6) is 0 Å². The fourth-order valence-electron chi connectivity index (χ4n) is 4.82. The van der Waals surface area contributed by atoms with E-state index in [0.29, 0.717) is 17.1 Å². The molecule has 1 fully saturated rings. The van der Waals surface area contributed by atoms with Crippen LogP contribution in [-0.4, -0.2) is 37.0 Å². The summed E-state index contributed by atoms with van der Waals surface area (Å²) in [6, 6.07) is 6.81. The SMILES string of the molecule is CC1=C(C(=O)Nc2ccc3[nH]ncc3c2)C(C2CCCCC2)n2nc(C(=O)O)cc2N1. The topological polar surface area (TPSA) is 125 Å². The maximum atomic E-state index is 13.5. The Morgan fingerprint density at radius 2 is 2.00 bits per heavy atom. The quantitative estimate of drug-likeness (QED) is 0.507. The highest BCUT2D eigenvalue weighted by molar-refractivity contribution is 6.06. The van der Waals surface area contributed by atoms with Crippen molar-refractivity contribution in [1.29, 1.82) is 0 Å². The number of carboxylic acid groups (broad SMARTS) is 1. The molecule has 1 unspecified atom stereocenters. The van der Waals surface area contributed by atoms with E-state index in [-0.39, 0.29) is 23.6 Å². The molecular weight excluding hydrogens is 396 g/mol. The second-order valence-corrected chi connectivity index (χ2v) is 8.30.